The van der Waals surface area contributed by atoms with Crippen molar-refractivity contribution in [1.29, 1.82) is 0 Å². The Morgan fingerprint density at radius 1 is 1.69 bits per heavy atom. The highest BCUT2D eigenvalue weighted by molar-refractivity contribution is 5.72. The number of nitrogens with two attached hydrogens (primary N) is 1. The van der Waals surface area contributed by atoms with Gasteiger partial charge in [0.1, 0.15) is 0 Å². The summed E-state index contributed by atoms with van der Waals surface area (Å²) in [4.78, 5) is 21.2. The molecule has 0 radical (unpaired) electrons. The Morgan fingerprint density at radius 2 is 2.31 bits per heavy atom. The summed E-state index contributed by atoms with van der Waals surface area (Å²) < 4.78 is 4.82. The van der Waals surface area contributed by atoms with E-state index in [1.165, 1.54) is 6.92 Å². The van der Waals surface area contributed by atoms with Crippen LogP contribution in [0.25, 0.3) is 0 Å². The second-order valence-corrected chi connectivity index (χ2v) is 2.99. The minimum absolute atomic E-state index is 0.285. The summed E-state index contributed by atoms with van der Waals surface area (Å²) in [5.74, 6) is -0.468. The van der Waals surface area contributed by atoms with Crippen LogP contribution in [0, 0.1) is 0 Å². The Bertz CT molecular complexity index is 184. The summed E-state index contributed by atoms with van der Waals surface area (Å²) in [6, 6.07) is 0. The number of nitrogens with one attached hydrogen (secondary N) is 1. The van der Waals surface area contributed by atoms with Crippen molar-refractivity contribution in [2.24, 2.45) is 5.73 Å². The summed E-state index contributed by atoms with van der Waals surface area (Å²) in [5.41, 5.74) is 4.16. The lowest BCUT2D eigenvalue weighted by Crippen LogP contribution is -2.44. The maximum Gasteiger partial charge on any atom is 0.303 e. The Balaban J connectivity index is 3.96. The average Bonchev–Trinajstić information content (AvgIpc) is 2.04. The van der Waals surface area contributed by atoms with Crippen molar-refractivity contribution in [3.8, 4) is 0 Å². The molecule has 0 rings (SSSR count). The number of ether oxygens (including phenoxy) is 1. The molecule has 0 aromatic rings. The second kappa shape index (κ2) is 5.66. The third-order valence-corrected chi connectivity index (χ3v) is 1.42. The van der Waals surface area contributed by atoms with Crippen LogP contribution >= 0.6 is 0 Å². The molecule has 3 N–H and O–H groups in total. The number of rotatable bonds is 6. The molecule has 13 heavy (non-hydrogen) atoms. The van der Waals surface area contributed by atoms with Gasteiger partial charge in [-0.1, -0.05) is 0 Å². The quantitative estimate of drug-likeness (QED) is 0.319. The van der Waals surface area contributed by atoms with Gasteiger partial charge < -0.3 is 15.8 Å². The van der Waals surface area contributed by atoms with Crippen LogP contribution in [0.2, 0.25) is 0 Å². The highest BCUT2D eigenvalue weighted by Crippen LogP contribution is 2.05. The molecule has 5 heteroatoms. The van der Waals surface area contributed by atoms with Gasteiger partial charge in [0.25, 0.3) is 0 Å². The van der Waals surface area contributed by atoms with E-state index in [1.807, 2.05) is 0 Å². The number of hydrogen-bond acceptors (Lipinski definition) is 5. The smallest absolute Gasteiger partial charge is 0.303 e. The van der Waals surface area contributed by atoms with Crippen LogP contribution in [0.3, 0.4) is 0 Å². The summed E-state index contributed by atoms with van der Waals surface area (Å²) >= 11 is 0. The van der Waals surface area contributed by atoms with Gasteiger partial charge in [-0.25, -0.2) is 0 Å². The zero-order valence-corrected chi connectivity index (χ0v) is 8.00. The summed E-state index contributed by atoms with van der Waals surface area (Å²) in [6.45, 7) is 4.17. The van der Waals surface area contributed by atoms with Crippen LogP contribution in [0.1, 0.15) is 13.8 Å². The third kappa shape index (κ3) is 5.32. The van der Waals surface area contributed by atoms with Crippen LogP contribution in [0.15, 0.2) is 0 Å². The van der Waals surface area contributed by atoms with E-state index in [-0.39, 0.29) is 6.54 Å². The maximum absolute atomic E-state index is 10.6. The Hall–Kier alpha value is -0.940. The summed E-state index contributed by atoms with van der Waals surface area (Å²) in [6.07, 6.45) is 0.609. The molecule has 5 nitrogen and oxygen atoms in total. The lowest BCUT2D eigenvalue weighted by molar-refractivity contribution is -0.158. The van der Waals surface area contributed by atoms with Crippen molar-refractivity contribution in [2.75, 3.05) is 19.6 Å². The Labute approximate surface area is 77.6 Å². The number of aldehydes is 1. The molecule has 76 valence electrons. The molecular weight excluding hydrogens is 172 g/mol. The molecule has 0 heterocycles. The van der Waals surface area contributed by atoms with Crippen molar-refractivity contribution >= 4 is 12.3 Å². The average molecular weight is 188 g/mol. The number of hydrogen-bond donors (Lipinski definition) is 2. The number of carbonyl (C=O) groups is 2. The van der Waals surface area contributed by atoms with Gasteiger partial charge in [0.05, 0.1) is 0 Å². The molecule has 1 unspecified atom stereocenters. The number of esters is 1. The van der Waals surface area contributed by atoms with Gasteiger partial charge in [-0.3, -0.25) is 9.59 Å². The van der Waals surface area contributed by atoms with E-state index in [0.717, 1.165) is 0 Å². The van der Waals surface area contributed by atoms with E-state index in [4.69, 9.17) is 10.5 Å². The molecule has 0 amide bonds. The molecule has 0 spiro atoms. The second-order valence-electron chi connectivity index (χ2n) is 2.99. The fourth-order valence-corrected chi connectivity index (χ4v) is 0.869. The Morgan fingerprint density at radius 3 is 2.69 bits per heavy atom. The van der Waals surface area contributed by atoms with E-state index in [0.29, 0.717) is 19.4 Å². The zero-order chi connectivity index (χ0) is 10.3. The third-order valence-electron chi connectivity index (χ3n) is 1.42. The van der Waals surface area contributed by atoms with Gasteiger partial charge in [0.2, 0.25) is 0 Å². The van der Waals surface area contributed by atoms with Crippen molar-refractivity contribution in [2.45, 2.75) is 19.4 Å². The monoisotopic (exact) mass is 188 g/mol. The summed E-state index contributed by atoms with van der Waals surface area (Å²) in [7, 11) is 0. The molecule has 0 aliphatic carbocycles. The predicted molar refractivity (Wildman–Crippen MR) is 48.2 cm³/mol. The Kier molecular flexibility index (Phi) is 5.25. The van der Waals surface area contributed by atoms with Gasteiger partial charge >= 0.3 is 5.97 Å². The van der Waals surface area contributed by atoms with E-state index >= 15 is 0 Å². The van der Waals surface area contributed by atoms with Crippen molar-refractivity contribution in [3.63, 3.8) is 0 Å². The molecule has 0 aromatic heterocycles. The molecule has 0 aliphatic rings. The van der Waals surface area contributed by atoms with Gasteiger partial charge in [0, 0.05) is 26.6 Å². The molecule has 0 fully saturated rings. The first kappa shape index (κ1) is 12.1. The first-order valence-electron chi connectivity index (χ1n) is 4.11. The maximum atomic E-state index is 10.6. The molecule has 0 bridgehead atoms. The molecular formula is C8H16N2O3. The zero-order valence-electron chi connectivity index (χ0n) is 8.00. The largest absolute Gasteiger partial charge is 0.450 e. The predicted octanol–water partition coefficient (Wildman–Crippen LogP) is -0.945. The van der Waals surface area contributed by atoms with Crippen molar-refractivity contribution < 1.29 is 14.3 Å². The lowest BCUT2D eigenvalue weighted by Gasteiger charge is -2.22. The highest BCUT2D eigenvalue weighted by Gasteiger charge is 2.26. The highest BCUT2D eigenvalue weighted by atomic mass is 16.6. The van der Waals surface area contributed by atoms with Crippen molar-refractivity contribution in [3.05, 3.63) is 0 Å². The first-order chi connectivity index (χ1) is 6.04. The van der Waals surface area contributed by atoms with E-state index in [2.05, 4.69) is 5.32 Å². The molecule has 1 atom stereocenters. The molecule has 0 saturated carbocycles. The SMILES string of the molecule is CC(=O)OC(C)(C=O)CNCCN. The van der Waals surface area contributed by atoms with Crippen LogP contribution in [-0.4, -0.2) is 37.5 Å². The minimum Gasteiger partial charge on any atom is -0.450 e. The van der Waals surface area contributed by atoms with Crippen LogP contribution in [-0.2, 0) is 14.3 Å². The fraction of sp³-hybridized carbons (Fsp3) is 0.750. The van der Waals surface area contributed by atoms with Gasteiger partial charge in [0.15, 0.2) is 11.9 Å². The van der Waals surface area contributed by atoms with Crippen LogP contribution in [0.5, 0.6) is 0 Å². The first-order valence-corrected chi connectivity index (χ1v) is 4.11. The van der Waals surface area contributed by atoms with E-state index in [1.54, 1.807) is 6.92 Å². The van der Waals surface area contributed by atoms with E-state index < -0.39 is 11.6 Å². The number of carbonyl (C=O) groups excluding carboxylic acids is 2. The topological polar surface area (TPSA) is 81.4 Å². The molecule has 0 aliphatic heterocycles. The van der Waals surface area contributed by atoms with Crippen LogP contribution in [0.4, 0.5) is 0 Å². The van der Waals surface area contributed by atoms with Gasteiger partial charge in [-0.15, -0.1) is 0 Å². The van der Waals surface area contributed by atoms with Crippen molar-refractivity contribution in [1.82, 2.24) is 5.32 Å². The van der Waals surface area contributed by atoms with Crippen LogP contribution < -0.4 is 11.1 Å². The standard InChI is InChI=1S/C8H16N2O3/c1-7(12)13-8(2,6-11)5-10-4-3-9/h6,10H,3-5,9H2,1-2H3. The molecule has 0 aromatic carbocycles. The normalized spacial score (nSPS) is 14.7. The lowest BCUT2D eigenvalue weighted by atomic mass is 10.1. The summed E-state index contributed by atoms with van der Waals surface area (Å²) in [5, 5.41) is 2.90. The molecule has 0 saturated heterocycles. The van der Waals surface area contributed by atoms with E-state index in [9.17, 15) is 9.59 Å². The fourth-order valence-electron chi connectivity index (χ4n) is 0.869. The van der Waals surface area contributed by atoms with Gasteiger partial charge in [-0.2, -0.15) is 0 Å². The minimum atomic E-state index is -1.08. The van der Waals surface area contributed by atoms with Gasteiger partial charge in [-0.05, 0) is 6.92 Å².